The standard InChI is InChI=1S/C16H18N2O5S2/c1-11(23-15(19)9-6-13-3-2-10-24-13)16(20)18-12-4-7-14(8-5-12)25(17,21)22/h2-5,7-8,10-11H,6,9H2,1H3,(H,18,20)(H2,17,21,22)/t11-/m1/s1. The first kappa shape index (κ1) is 19.1. The smallest absolute Gasteiger partial charge is 0.306 e. The van der Waals surface area contributed by atoms with Crippen LogP contribution in [0, 0.1) is 0 Å². The molecule has 0 fully saturated rings. The third-order valence-corrected chi connectivity index (χ3v) is 5.15. The number of sulfonamides is 1. The fourth-order valence-electron chi connectivity index (χ4n) is 1.96. The predicted molar refractivity (Wildman–Crippen MR) is 94.6 cm³/mol. The lowest BCUT2D eigenvalue weighted by Crippen LogP contribution is -2.30. The largest absolute Gasteiger partial charge is 0.453 e. The van der Waals surface area contributed by atoms with E-state index in [9.17, 15) is 18.0 Å². The van der Waals surface area contributed by atoms with Gasteiger partial charge in [0.25, 0.3) is 5.91 Å². The van der Waals surface area contributed by atoms with Gasteiger partial charge in [-0.25, -0.2) is 13.6 Å². The molecule has 0 unspecified atom stereocenters. The number of primary sulfonamides is 1. The van der Waals surface area contributed by atoms with Gasteiger partial charge < -0.3 is 10.1 Å². The minimum atomic E-state index is -3.79. The van der Waals surface area contributed by atoms with Crippen molar-refractivity contribution in [2.75, 3.05) is 5.32 Å². The summed E-state index contributed by atoms with van der Waals surface area (Å²) in [5.74, 6) is -0.964. The third kappa shape index (κ3) is 5.96. The zero-order chi connectivity index (χ0) is 18.4. The molecule has 9 heteroatoms. The first-order chi connectivity index (χ1) is 11.8. The van der Waals surface area contributed by atoms with Gasteiger partial charge in [-0.05, 0) is 49.1 Å². The molecular weight excluding hydrogens is 364 g/mol. The Labute approximate surface area is 149 Å². The fraction of sp³-hybridized carbons (Fsp3) is 0.250. The van der Waals surface area contributed by atoms with Crippen molar-refractivity contribution in [3.8, 4) is 0 Å². The molecule has 1 heterocycles. The van der Waals surface area contributed by atoms with Gasteiger partial charge in [0.2, 0.25) is 10.0 Å². The summed E-state index contributed by atoms with van der Waals surface area (Å²) in [6, 6.07) is 9.21. The van der Waals surface area contributed by atoms with Crippen molar-refractivity contribution in [1.82, 2.24) is 0 Å². The second kappa shape index (κ2) is 8.24. The lowest BCUT2D eigenvalue weighted by molar-refractivity contribution is -0.153. The number of rotatable bonds is 7. The molecule has 0 radical (unpaired) electrons. The number of nitrogens with one attached hydrogen (secondary N) is 1. The van der Waals surface area contributed by atoms with Gasteiger partial charge >= 0.3 is 5.97 Å². The van der Waals surface area contributed by atoms with Crippen LogP contribution in [0.2, 0.25) is 0 Å². The monoisotopic (exact) mass is 382 g/mol. The lowest BCUT2D eigenvalue weighted by Gasteiger charge is -2.13. The molecule has 1 aromatic carbocycles. The average Bonchev–Trinajstić information content (AvgIpc) is 3.06. The summed E-state index contributed by atoms with van der Waals surface area (Å²) in [7, 11) is -3.79. The highest BCUT2D eigenvalue weighted by molar-refractivity contribution is 7.89. The molecule has 7 nitrogen and oxygen atoms in total. The molecule has 1 atom stereocenters. The van der Waals surface area contributed by atoms with Crippen molar-refractivity contribution in [1.29, 1.82) is 0 Å². The van der Waals surface area contributed by atoms with Crippen LogP contribution < -0.4 is 10.5 Å². The number of aryl methyl sites for hydroxylation is 1. The van der Waals surface area contributed by atoms with Gasteiger partial charge in [0.1, 0.15) is 0 Å². The molecule has 2 rings (SSSR count). The van der Waals surface area contributed by atoms with E-state index in [4.69, 9.17) is 9.88 Å². The number of carbonyl (C=O) groups is 2. The van der Waals surface area contributed by atoms with Gasteiger partial charge in [0, 0.05) is 10.6 Å². The van der Waals surface area contributed by atoms with Gasteiger partial charge in [-0.3, -0.25) is 9.59 Å². The number of anilines is 1. The van der Waals surface area contributed by atoms with Crippen LogP contribution in [0.4, 0.5) is 5.69 Å². The zero-order valence-corrected chi connectivity index (χ0v) is 15.1. The van der Waals surface area contributed by atoms with Gasteiger partial charge in [-0.15, -0.1) is 11.3 Å². The Kier molecular flexibility index (Phi) is 6.29. The van der Waals surface area contributed by atoms with Crippen LogP contribution in [-0.2, 0) is 30.8 Å². The quantitative estimate of drug-likeness (QED) is 0.710. The number of amides is 1. The van der Waals surface area contributed by atoms with Gasteiger partial charge in [-0.2, -0.15) is 0 Å². The first-order valence-corrected chi connectivity index (χ1v) is 9.84. The summed E-state index contributed by atoms with van der Waals surface area (Å²) in [4.78, 5) is 24.8. The maximum Gasteiger partial charge on any atom is 0.306 e. The summed E-state index contributed by atoms with van der Waals surface area (Å²) in [6.45, 7) is 1.47. The van der Waals surface area contributed by atoms with Crippen LogP contribution in [0.1, 0.15) is 18.2 Å². The Balaban J connectivity index is 1.84. The summed E-state index contributed by atoms with van der Waals surface area (Å²) in [5, 5.41) is 9.48. The second-order valence-corrected chi connectivity index (χ2v) is 7.86. The van der Waals surface area contributed by atoms with Crippen molar-refractivity contribution >= 4 is 38.9 Å². The number of carbonyl (C=O) groups excluding carboxylic acids is 2. The maximum absolute atomic E-state index is 12.0. The molecule has 0 aliphatic carbocycles. The molecule has 25 heavy (non-hydrogen) atoms. The van der Waals surface area contributed by atoms with Gasteiger partial charge in [-0.1, -0.05) is 6.07 Å². The van der Waals surface area contributed by atoms with Gasteiger partial charge in [0.15, 0.2) is 6.10 Å². The molecular formula is C16H18N2O5S2. The van der Waals surface area contributed by atoms with Crippen molar-refractivity contribution in [3.05, 3.63) is 46.7 Å². The van der Waals surface area contributed by atoms with E-state index < -0.39 is 28.0 Å². The molecule has 0 aliphatic rings. The number of nitrogens with two attached hydrogens (primary N) is 1. The molecule has 0 spiro atoms. The number of thiophene rings is 1. The van der Waals surface area contributed by atoms with Crippen LogP contribution >= 0.6 is 11.3 Å². The molecule has 1 amide bonds. The first-order valence-electron chi connectivity index (χ1n) is 7.41. The lowest BCUT2D eigenvalue weighted by atomic mass is 10.2. The Morgan fingerprint density at radius 2 is 1.92 bits per heavy atom. The van der Waals surface area contributed by atoms with E-state index in [1.165, 1.54) is 31.2 Å². The molecule has 0 saturated heterocycles. The summed E-state index contributed by atoms with van der Waals surface area (Å²) >= 11 is 1.56. The van der Waals surface area contributed by atoms with E-state index in [-0.39, 0.29) is 11.3 Å². The number of hydrogen-bond donors (Lipinski definition) is 2. The van der Waals surface area contributed by atoms with Crippen molar-refractivity contribution in [2.24, 2.45) is 5.14 Å². The predicted octanol–water partition coefficient (Wildman–Crippen LogP) is 1.90. The molecule has 2 aromatic rings. The Morgan fingerprint density at radius 1 is 1.24 bits per heavy atom. The highest BCUT2D eigenvalue weighted by atomic mass is 32.2. The van der Waals surface area contributed by atoms with Crippen molar-refractivity contribution in [2.45, 2.75) is 30.8 Å². The van der Waals surface area contributed by atoms with Crippen LogP contribution in [0.3, 0.4) is 0 Å². The third-order valence-electron chi connectivity index (χ3n) is 3.28. The van der Waals surface area contributed by atoms with Crippen LogP contribution in [-0.4, -0.2) is 26.4 Å². The highest BCUT2D eigenvalue weighted by Crippen LogP contribution is 2.14. The topological polar surface area (TPSA) is 116 Å². The van der Waals surface area contributed by atoms with E-state index in [0.29, 0.717) is 12.1 Å². The summed E-state index contributed by atoms with van der Waals surface area (Å²) < 4.78 is 27.5. The Morgan fingerprint density at radius 3 is 2.48 bits per heavy atom. The number of ether oxygens (including phenoxy) is 1. The molecule has 3 N–H and O–H groups in total. The summed E-state index contributed by atoms with van der Waals surface area (Å²) in [6.07, 6.45) is -0.199. The molecule has 0 saturated carbocycles. The number of esters is 1. The Bertz CT molecular complexity index is 830. The minimum Gasteiger partial charge on any atom is -0.453 e. The second-order valence-electron chi connectivity index (χ2n) is 5.27. The number of benzene rings is 1. The molecule has 1 aromatic heterocycles. The van der Waals surface area contributed by atoms with Crippen LogP contribution in [0.15, 0.2) is 46.7 Å². The SMILES string of the molecule is C[C@@H](OC(=O)CCc1cccs1)C(=O)Nc1ccc(S(N)(=O)=O)cc1. The fourth-order valence-corrected chi connectivity index (χ4v) is 3.19. The number of hydrogen-bond acceptors (Lipinski definition) is 6. The van der Waals surface area contributed by atoms with Crippen LogP contribution in [0.5, 0.6) is 0 Å². The van der Waals surface area contributed by atoms with E-state index in [0.717, 1.165) is 4.88 Å². The molecule has 0 aliphatic heterocycles. The van der Waals surface area contributed by atoms with E-state index in [2.05, 4.69) is 5.32 Å². The van der Waals surface area contributed by atoms with Crippen LogP contribution in [0.25, 0.3) is 0 Å². The molecule has 0 bridgehead atoms. The van der Waals surface area contributed by atoms with E-state index in [1.807, 2.05) is 17.5 Å². The Hall–Kier alpha value is -2.23. The highest BCUT2D eigenvalue weighted by Gasteiger charge is 2.18. The normalized spacial score (nSPS) is 12.4. The maximum atomic E-state index is 12.0. The zero-order valence-electron chi connectivity index (χ0n) is 13.5. The van der Waals surface area contributed by atoms with Crippen molar-refractivity contribution in [3.63, 3.8) is 0 Å². The van der Waals surface area contributed by atoms with E-state index >= 15 is 0 Å². The van der Waals surface area contributed by atoms with Crippen molar-refractivity contribution < 1.29 is 22.7 Å². The van der Waals surface area contributed by atoms with E-state index in [1.54, 1.807) is 11.3 Å². The van der Waals surface area contributed by atoms with Gasteiger partial charge in [0.05, 0.1) is 11.3 Å². The minimum absolute atomic E-state index is 0.0569. The average molecular weight is 382 g/mol. The molecule has 134 valence electrons. The summed E-state index contributed by atoms with van der Waals surface area (Å²) in [5.41, 5.74) is 0.374.